The highest BCUT2D eigenvalue weighted by atomic mass is 32.1. The number of nitrogens with zero attached hydrogens (tertiary/aromatic N) is 2. The number of aromatic nitrogens is 1. The smallest absolute Gasteiger partial charge is 0.270 e. The molecule has 1 aromatic carbocycles. The van der Waals surface area contributed by atoms with Crippen molar-refractivity contribution < 1.29 is 9.53 Å². The fourth-order valence-electron chi connectivity index (χ4n) is 2.95. The van der Waals surface area contributed by atoms with Crippen molar-refractivity contribution in [3.8, 4) is 5.75 Å². The number of methoxy groups -OCH3 is 1. The van der Waals surface area contributed by atoms with Gasteiger partial charge in [0.15, 0.2) is 0 Å². The van der Waals surface area contributed by atoms with Crippen LogP contribution in [0.3, 0.4) is 0 Å². The van der Waals surface area contributed by atoms with Gasteiger partial charge < -0.3 is 20.7 Å². The number of para-hydroxylation sites is 2. The van der Waals surface area contributed by atoms with E-state index in [2.05, 4.69) is 21.3 Å². The number of nitrogens with two attached hydrogens (primary N) is 1. The second kappa shape index (κ2) is 7.63. The van der Waals surface area contributed by atoms with Crippen LogP contribution in [-0.4, -0.2) is 37.6 Å². The Kier molecular flexibility index (Phi) is 5.32. The number of anilines is 1. The van der Waals surface area contributed by atoms with Gasteiger partial charge in [-0.1, -0.05) is 12.1 Å². The summed E-state index contributed by atoms with van der Waals surface area (Å²) in [5.74, 6) is 1.19. The van der Waals surface area contributed by atoms with Crippen molar-refractivity contribution in [3.63, 3.8) is 0 Å². The highest BCUT2D eigenvalue weighted by Gasteiger charge is 2.25. The zero-order chi connectivity index (χ0) is 16.9. The Balaban J connectivity index is 1.54. The summed E-state index contributed by atoms with van der Waals surface area (Å²) >= 11 is 1.42. The molecule has 2 heterocycles. The maximum atomic E-state index is 12.1. The maximum Gasteiger partial charge on any atom is 0.270 e. The van der Waals surface area contributed by atoms with Gasteiger partial charge in [0, 0.05) is 31.6 Å². The molecule has 1 aliphatic heterocycles. The second-order valence-corrected chi connectivity index (χ2v) is 6.76. The van der Waals surface area contributed by atoms with Crippen LogP contribution in [0.1, 0.15) is 21.9 Å². The van der Waals surface area contributed by atoms with Crippen molar-refractivity contribution in [1.29, 1.82) is 0 Å². The van der Waals surface area contributed by atoms with E-state index in [0.717, 1.165) is 36.0 Å². The van der Waals surface area contributed by atoms with Crippen molar-refractivity contribution in [2.75, 3.05) is 31.6 Å². The number of hydrogen-bond donors (Lipinski definition) is 2. The second-order valence-electron chi connectivity index (χ2n) is 5.81. The normalized spacial score (nSPS) is 17.1. The number of ether oxygens (including phenoxy) is 1. The minimum Gasteiger partial charge on any atom is -0.495 e. The Bertz CT molecular complexity index is 703. The predicted molar refractivity (Wildman–Crippen MR) is 95.7 cm³/mol. The van der Waals surface area contributed by atoms with E-state index in [0.29, 0.717) is 24.7 Å². The number of rotatable bonds is 6. The van der Waals surface area contributed by atoms with Gasteiger partial charge in [0.25, 0.3) is 5.91 Å². The van der Waals surface area contributed by atoms with E-state index >= 15 is 0 Å². The largest absolute Gasteiger partial charge is 0.495 e. The molecule has 2 aromatic rings. The molecule has 0 saturated carbocycles. The van der Waals surface area contributed by atoms with E-state index in [-0.39, 0.29) is 5.91 Å². The number of carbonyl (C=O) groups is 1. The molecule has 128 valence electrons. The number of benzene rings is 1. The molecule has 0 radical (unpaired) electrons. The molecule has 0 bridgehead atoms. The van der Waals surface area contributed by atoms with Crippen molar-refractivity contribution in [2.45, 2.75) is 13.0 Å². The van der Waals surface area contributed by atoms with E-state index in [9.17, 15) is 4.79 Å². The molecule has 1 fully saturated rings. The van der Waals surface area contributed by atoms with Gasteiger partial charge in [0.1, 0.15) is 16.5 Å². The van der Waals surface area contributed by atoms with Crippen LogP contribution in [0, 0.1) is 5.92 Å². The lowest BCUT2D eigenvalue weighted by atomic mass is 10.1. The molecule has 1 atom stereocenters. The Morgan fingerprint density at radius 1 is 1.50 bits per heavy atom. The molecule has 0 aliphatic carbocycles. The van der Waals surface area contributed by atoms with Gasteiger partial charge in [-0.3, -0.25) is 4.79 Å². The van der Waals surface area contributed by atoms with Gasteiger partial charge in [-0.2, -0.15) is 0 Å². The first-order valence-electron chi connectivity index (χ1n) is 8.02. The number of thiazole rings is 1. The number of carbonyl (C=O) groups excluding carboxylic acids is 1. The van der Waals surface area contributed by atoms with Gasteiger partial charge in [-0.25, -0.2) is 4.98 Å². The van der Waals surface area contributed by atoms with Gasteiger partial charge in [0.05, 0.1) is 12.8 Å². The van der Waals surface area contributed by atoms with Crippen LogP contribution in [0.15, 0.2) is 29.6 Å². The lowest BCUT2D eigenvalue weighted by Gasteiger charge is -2.21. The first-order valence-corrected chi connectivity index (χ1v) is 8.90. The van der Waals surface area contributed by atoms with Crippen LogP contribution < -0.4 is 20.7 Å². The lowest BCUT2D eigenvalue weighted by Crippen LogP contribution is -2.31. The predicted octanol–water partition coefficient (Wildman–Crippen LogP) is 1.87. The summed E-state index contributed by atoms with van der Waals surface area (Å²) < 4.78 is 5.43. The summed E-state index contributed by atoms with van der Waals surface area (Å²) in [4.78, 5) is 18.7. The van der Waals surface area contributed by atoms with E-state index < -0.39 is 0 Å². The standard InChI is InChI=1S/C17H22N4O2S/c1-23-15-5-3-2-4-14(15)21-7-6-12(10-21)9-19-17(22)13-11-24-16(8-18)20-13/h2-5,11-12H,6-10,18H2,1H3,(H,19,22). The molecule has 24 heavy (non-hydrogen) atoms. The monoisotopic (exact) mass is 346 g/mol. The van der Waals surface area contributed by atoms with E-state index in [1.54, 1.807) is 12.5 Å². The molecule has 1 aromatic heterocycles. The third kappa shape index (κ3) is 3.68. The lowest BCUT2D eigenvalue weighted by molar-refractivity contribution is 0.0944. The van der Waals surface area contributed by atoms with Crippen molar-refractivity contribution in [1.82, 2.24) is 10.3 Å². The fourth-order valence-corrected chi connectivity index (χ4v) is 3.60. The first-order chi connectivity index (χ1) is 11.7. The van der Waals surface area contributed by atoms with Crippen LogP contribution >= 0.6 is 11.3 Å². The summed E-state index contributed by atoms with van der Waals surface area (Å²) in [6, 6.07) is 8.04. The van der Waals surface area contributed by atoms with Crippen LogP contribution in [0.25, 0.3) is 0 Å². The van der Waals surface area contributed by atoms with Gasteiger partial charge in [0.2, 0.25) is 0 Å². The molecule has 0 spiro atoms. The molecule has 1 aliphatic rings. The summed E-state index contributed by atoms with van der Waals surface area (Å²) in [6.07, 6.45) is 1.05. The van der Waals surface area contributed by atoms with Gasteiger partial charge in [-0.15, -0.1) is 11.3 Å². The number of hydrogen-bond acceptors (Lipinski definition) is 6. The zero-order valence-corrected chi connectivity index (χ0v) is 14.5. The molecular weight excluding hydrogens is 324 g/mol. The summed E-state index contributed by atoms with van der Waals surface area (Å²) in [6.45, 7) is 2.90. The molecule has 1 amide bonds. The Labute approximate surface area is 145 Å². The SMILES string of the molecule is COc1ccccc1N1CCC(CNC(=O)c2csc(CN)n2)C1. The van der Waals surface area contributed by atoms with Crippen molar-refractivity contribution in [3.05, 3.63) is 40.3 Å². The molecule has 3 rings (SSSR count). The van der Waals surface area contributed by atoms with Crippen LogP contribution in [0.4, 0.5) is 5.69 Å². The zero-order valence-electron chi connectivity index (χ0n) is 13.7. The van der Waals surface area contributed by atoms with Crippen LogP contribution in [-0.2, 0) is 6.54 Å². The Hall–Kier alpha value is -2.12. The summed E-state index contributed by atoms with van der Waals surface area (Å²) in [7, 11) is 1.69. The molecule has 3 N–H and O–H groups in total. The van der Waals surface area contributed by atoms with Gasteiger partial charge in [-0.05, 0) is 24.5 Å². The average molecular weight is 346 g/mol. The Morgan fingerprint density at radius 2 is 2.33 bits per heavy atom. The molecule has 1 unspecified atom stereocenters. The number of amides is 1. The van der Waals surface area contributed by atoms with Crippen LogP contribution in [0.2, 0.25) is 0 Å². The maximum absolute atomic E-state index is 12.1. The summed E-state index contributed by atoms with van der Waals surface area (Å²) in [5.41, 5.74) is 7.10. The minimum absolute atomic E-state index is 0.123. The highest BCUT2D eigenvalue weighted by Crippen LogP contribution is 2.31. The first kappa shape index (κ1) is 16.7. The van der Waals surface area contributed by atoms with E-state index in [1.165, 1.54) is 11.3 Å². The molecular formula is C17H22N4O2S. The average Bonchev–Trinajstić information content (AvgIpc) is 3.29. The van der Waals surface area contributed by atoms with Crippen LogP contribution in [0.5, 0.6) is 5.75 Å². The van der Waals surface area contributed by atoms with Crippen molar-refractivity contribution in [2.24, 2.45) is 11.7 Å². The van der Waals surface area contributed by atoms with E-state index in [4.69, 9.17) is 10.5 Å². The third-order valence-corrected chi connectivity index (χ3v) is 5.09. The quantitative estimate of drug-likeness (QED) is 0.835. The topological polar surface area (TPSA) is 80.5 Å². The third-order valence-electron chi connectivity index (χ3n) is 4.22. The van der Waals surface area contributed by atoms with Crippen molar-refractivity contribution >= 4 is 22.9 Å². The molecule has 6 nitrogen and oxygen atoms in total. The minimum atomic E-state index is -0.123. The number of nitrogens with one attached hydrogen (secondary N) is 1. The van der Waals surface area contributed by atoms with Gasteiger partial charge >= 0.3 is 0 Å². The Morgan fingerprint density at radius 3 is 3.08 bits per heavy atom. The van der Waals surface area contributed by atoms with E-state index in [1.807, 2.05) is 18.2 Å². The molecule has 1 saturated heterocycles. The highest BCUT2D eigenvalue weighted by molar-refractivity contribution is 7.09. The molecule has 7 heteroatoms. The fraction of sp³-hybridized carbons (Fsp3) is 0.412. The summed E-state index contributed by atoms with van der Waals surface area (Å²) in [5, 5.41) is 5.52.